The third kappa shape index (κ3) is 5.06. The molecule has 8 heteroatoms. The Labute approximate surface area is 204 Å². The quantitative estimate of drug-likeness (QED) is 0.545. The minimum absolute atomic E-state index is 0.0782. The first-order valence-corrected chi connectivity index (χ1v) is 12.5. The standard InChI is InChI=1S/C26H32N4O3S/c1-16-13-21(33-29-16)22(26(3,4)5)25(32)30-12-6-7-20(30)24(31)27-14-18-8-10-19(11-9-18)23-17(2)28-15-34-23/h8-11,13,15,20,22H,6-7,12,14H2,1-5H3,(H,27,31). The van der Waals surface area contributed by atoms with E-state index in [9.17, 15) is 9.59 Å². The maximum absolute atomic E-state index is 13.6. The van der Waals surface area contributed by atoms with Gasteiger partial charge < -0.3 is 14.7 Å². The summed E-state index contributed by atoms with van der Waals surface area (Å²) in [4.78, 5) is 33.9. The summed E-state index contributed by atoms with van der Waals surface area (Å²) in [5.74, 6) is -0.137. The van der Waals surface area contributed by atoms with Gasteiger partial charge in [0, 0.05) is 19.2 Å². The molecule has 1 saturated heterocycles. The smallest absolute Gasteiger partial charge is 0.243 e. The van der Waals surface area contributed by atoms with Crippen LogP contribution in [0, 0.1) is 19.3 Å². The Balaban J connectivity index is 1.43. The predicted octanol–water partition coefficient (Wildman–Crippen LogP) is 4.85. The van der Waals surface area contributed by atoms with Crippen LogP contribution < -0.4 is 5.32 Å². The van der Waals surface area contributed by atoms with E-state index in [2.05, 4.69) is 27.6 Å². The minimum Gasteiger partial charge on any atom is -0.360 e. The molecule has 0 bridgehead atoms. The van der Waals surface area contributed by atoms with Crippen LogP contribution in [0.1, 0.15) is 62.2 Å². The molecular formula is C26H32N4O3S. The van der Waals surface area contributed by atoms with Crippen molar-refractivity contribution in [3.8, 4) is 10.4 Å². The lowest BCUT2D eigenvalue weighted by molar-refractivity contribution is -0.142. The highest BCUT2D eigenvalue weighted by Gasteiger charge is 2.43. The van der Waals surface area contributed by atoms with Crippen LogP contribution in [0.2, 0.25) is 0 Å². The Morgan fingerprint density at radius 2 is 1.97 bits per heavy atom. The Hall–Kier alpha value is -3.00. The van der Waals surface area contributed by atoms with Crippen molar-refractivity contribution in [1.82, 2.24) is 20.4 Å². The molecule has 1 aliphatic heterocycles. The fraction of sp³-hybridized carbons (Fsp3) is 0.462. The molecule has 1 aromatic carbocycles. The zero-order chi connectivity index (χ0) is 24.5. The fourth-order valence-corrected chi connectivity index (χ4v) is 5.38. The molecule has 2 unspecified atom stereocenters. The van der Waals surface area contributed by atoms with Gasteiger partial charge in [0.2, 0.25) is 11.8 Å². The summed E-state index contributed by atoms with van der Waals surface area (Å²) < 4.78 is 5.48. The van der Waals surface area contributed by atoms with E-state index < -0.39 is 12.0 Å². The lowest BCUT2D eigenvalue weighted by Crippen LogP contribution is -2.48. The molecule has 1 aliphatic rings. The summed E-state index contributed by atoms with van der Waals surface area (Å²) >= 11 is 1.62. The molecule has 4 rings (SSSR count). The minimum atomic E-state index is -0.496. The lowest BCUT2D eigenvalue weighted by Gasteiger charge is -2.33. The molecule has 0 radical (unpaired) electrons. The number of aryl methyl sites for hydroxylation is 2. The largest absolute Gasteiger partial charge is 0.360 e. The summed E-state index contributed by atoms with van der Waals surface area (Å²) in [5.41, 5.74) is 5.38. The van der Waals surface area contributed by atoms with E-state index in [0.29, 0.717) is 25.3 Å². The topological polar surface area (TPSA) is 88.3 Å². The monoisotopic (exact) mass is 480 g/mol. The molecule has 3 heterocycles. The number of hydrogen-bond acceptors (Lipinski definition) is 6. The second kappa shape index (κ2) is 9.70. The van der Waals surface area contributed by atoms with Crippen molar-refractivity contribution in [2.24, 2.45) is 5.41 Å². The molecule has 180 valence electrons. The Morgan fingerprint density at radius 1 is 1.24 bits per heavy atom. The number of thiazole rings is 1. The fourth-order valence-electron chi connectivity index (χ4n) is 4.57. The first-order valence-electron chi connectivity index (χ1n) is 11.7. The zero-order valence-electron chi connectivity index (χ0n) is 20.4. The van der Waals surface area contributed by atoms with E-state index in [1.165, 1.54) is 0 Å². The third-order valence-corrected chi connectivity index (χ3v) is 7.29. The SMILES string of the molecule is Cc1cc(C(C(=O)N2CCCC2C(=O)NCc2ccc(-c3scnc3C)cc2)C(C)(C)C)on1. The third-order valence-electron chi connectivity index (χ3n) is 6.31. The van der Waals surface area contributed by atoms with Crippen molar-refractivity contribution in [3.63, 3.8) is 0 Å². The second-order valence-electron chi connectivity index (χ2n) is 10.0. The Morgan fingerprint density at radius 3 is 2.56 bits per heavy atom. The van der Waals surface area contributed by atoms with E-state index in [4.69, 9.17) is 4.52 Å². The average molecular weight is 481 g/mol. The molecule has 0 spiro atoms. The molecule has 2 atom stereocenters. The van der Waals surface area contributed by atoms with Gasteiger partial charge in [0.1, 0.15) is 17.7 Å². The van der Waals surface area contributed by atoms with Gasteiger partial charge in [0.15, 0.2) is 0 Å². The number of carbonyl (C=O) groups excluding carboxylic acids is 2. The molecule has 1 fully saturated rings. The summed E-state index contributed by atoms with van der Waals surface area (Å²) in [6, 6.07) is 9.50. The number of nitrogens with one attached hydrogen (secondary N) is 1. The van der Waals surface area contributed by atoms with Crippen LogP contribution >= 0.6 is 11.3 Å². The van der Waals surface area contributed by atoms with E-state index in [-0.39, 0.29) is 17.2 Å². The van der Waals surface area contributed by atoms with Crippen molar-refractivity contribution in [2.75, 3.05) is 6.54 Å². The molecule has 0 aliphatic carbocycles. The molecule has 3 aromatic rings. The van der Waals surface area contributed by atoms with Gasteiger partial charge in [-0.25, -0.2) is 4.98 Å². The van der Waals surface area contributed by atoms with Crippen molar-refractivity contribution >= 4 is 23.2 Å². The van der Waals surface area contributed by atoms with Gasteiger partial charge in [-0.1, -0.05) is 50.2 Å². The second-order valence-corrected chi connectivity index (χ2v) is 10.9. The number of benzene rings is 1. The molecule has 0 saturated carbocycles. The van der Waals surface area contributed by atoms with Crippen LogP contribution in [0.5, 0.6) is 0 Å². The Kier molecular flexibility index (Phi) is 6.89. The summed E-state index contributed by atoms with van der Waals surface area (Å²) in [5, 5.41) is 7.01. The van der Waals surface area contributed by atoms with Gasteiger partial charge >= 0.3 is 0 Å². The van der Waals surface area contributed by atoms with Crippen LogP contribution in [0.4, 0.5) is 0 Å². The highest BCUT2D eigenvalue weighted by Crippen LogP contribution is 2.38. The van der Waals surface area contributed by atoms with Crippen LogP contribution in [-0.2, 0) is 16.1 Å². The summed E-state index contributed by atoms with van der Waals surface area (Å²) in [7, 11) is 0. The van der Waals surface area contributed by atoms with Crippen LogP contribution in [0.3, 0.4) is 0 Å². The van der Waals surface area contributed by atoms with E-state index in [1.54, 1.807) is 16.2 Å². The Bertz CT molecular complexity index is 1160. The van der Waals surface area contributed by atoms with Crippen molar-refractivity contribution in [1.29, 1.82) is 0 Å². The molecule has 34 heavy (non-hydrogen) atoms. The number of likely N-dealkylation sites (tertiary alicyclic amines) is 1. The molecule has 2 amide bonds. The summed E-state index contributed by atoms with van der Waals surface area (Å²) in [6.45, 7) is 10.9. The molecular weight excluding hydrogens is 448 g/mol. The number of hydrogen-bond donors (Lipinski definition) is 1. The summed E-state index contributed by atoms with van der Waals surface area (Å²) in [6.07, 6.45) is 1.46. The normalized spacial score (nSPS) is 17.1. The number of amides is 2. The first-order chi connectivity index (χ1) is 16.1. The van der Waals surface area contributed by atoms with E-state index >= 15 is 0 Å². The zero-order valence-corrected chi connectivity index (χ0v) is 21.2. The van der Waals surface area contributed by atoms with Gasteiger partial charge in [-0.15, -0.1) is 11.3 Å². The lowest BCUT2D eigenvalue weighted by atomic mass is 9.78. The average Bonchev–Trinajstić information content (AvgIpc) is 3.53. The van der Waals surface area contributed by atoms with Gasteiger partial charge in [-0.05, 0) is 43.2 Å². The van der Waals surface area contributed by atoms with Crippen molar-refractivity contribution in [3.05, 3.63) is 58.6 Å². The van der Waals surface area contributed by atoms with Crippen molar-refractivity contribution in [2.45, 2.75) is 66.0 Å². The molecule has 7 nitrogen and oxygen atoms in total. The number of aromatic nitrogens is 2. The van der Waals surface area contributed by atoms with E-state index in [1.807, 2.05) is 58.3 Å². The first kappa shape index (κ1) is 24.1. The van der Waals surface area contributed by atoms with Gasteiger partial charge in [0.25, 0.3) is 0 Å². The highest BCUT2D eigenvalue weighted by molar-refractivity contribution is 7.13. The number of nitrogens with zero attached hydrogens (tertiary/aromatic N) is 3. The van der Waals surface area contributed by atoms with Gasteiger partial charge in [-0.2, -0.15) is 0 Å². The van der Waals surface area contributed by atoms with Crippen LogP contribution in [-0.4, -0.2) is 39.4 Å². The maximum Gasteiger partial charge on any atom is 0.243 e. The van der Waals surface area contributed by atoms with Crippen LogP contribution in [0.15, 0.2) is 40.4 Å². The van der Waals surface area contributed by atoms with Gasteiger partial charge in [0.05, 0.1) is 21.8 Å². The van der Waals surface area contributed by atoms with E-state index in [0.717, 1.165) is 33.8 Å². The molecule has 1 N–H and O–H groups in total. The van der Waals surface area contributed by atoms with Gasteiger partial charge in [-0.3, -0.25) is 9.59 Å². The van der Waals surface area contributed by atoms with Crippen molar-refractivity contribution < 1.29 is 14.1 Å². The van der Waals surface area contributed by atoms with Crippen LogP contribution in [0.25, 0.3) is 10.4 Å². The maximum atomic E-state index is 13.6. The number of rotatable bonds is 6. The highest BCUT2D eigenvalue weighted by atomic mass is 32.1. The molecule has 2 aromatic heterocycles. The number of carbonyl (C=O) groups is 2. The predicted molar refractivity (Wildman–Crippen MR) is 132 cm³/mol.